The molecular weight excluding hydrogens is 261 g/mol. The summed E-state index contributed by atoms with van der Waals surface area (Å²) in [7, 11) is 0. The Balaban J connectivity index is 1.65. The van der Waals surface area contributed by atoms with E-state index in [4.69, 9.17) is 27.9 Å². The molecule has 0 radical (unpaired) electrons. The number of nitrogens with one attached hydrogen (secondary N) is 1. The first-order valence-corrected chi connectivity index (χ1v) is 6.16. The minimum atomic E-state index is -0.660. The molecule has 3 nitrogen and oxygen atoms in total. The van der Waals surface area contributed by atoms with Gasteiger partial charge in [-0.25, -0.2) is 4.79 Å². The van der Waals surface area contributed by atoms with Crippen LogP contribution in [0, 0.1) is 5.92 Å². The van der Waals surface area contributed by atoms with Gasteiger partial charge >= 0.3 is 6.09 Å². The summed E-state index contributed by atoms with van der Waals surface area (Å²) >= 11 is 11.7. The Morgan fingerprint density at radius 1 is 1.41 bits per heavy atom. The largest absolute Gasteiger partial charge is 0.445 e. The zero-order valence-electron chi connectivity index (χ0n) is 9.16. The molecule has 1 aromatic rings. The van der Waals surface area contributed by atoms with Crippen molar-refractivity contribution in [2.45, 2.75) is 17.4 Å². The molecule has 1 unspecified atom stereocenters. The predicted octanol–water partition coefficient (Wildman–Crippen LogP) is 3.11. The molecule has 0 heterocycles. The number of ether oxygens (including phenoxy) is 1. The van der Waals surface area contributed by atoms with Gasteiger partial charge in [0.1, 0.15) is 10.9 Å². The van der Waals surface area contributed by atoms with E-state index in [0.717, 1.165) is 12.0 Å². The van der Waals surface area contributed by atoms with Crippen molar-refractivity contribution < 1.29 is 9.53 Å². The maximum atomic E-state index is 11.3. The van der Waals surface area contributed by atoms with Crippen LogP contribution in [0.2, 0.25) is 0 Å². The molecule has 1 amide bonds. The number of alkyl carbamates (subject to hydrolysis) is 1. The lowest BCUT2D eigenvalue weighted by Gasteiger charge is -2.06. The fraction of sp³-hybridized carbons (Fsp3) is 0.417. The van der Waals surface area contributed by atoms with E-state index in [0.29, 0.717) is 6.54 Å². The van der Waals surface area contributed by atoms with Crippen LogP contribution in [0.1, 0.15) is 12.0 Å². The minimum absolute atomic E-state index is 0.134. The van der Waals surface area contributed by atoms with Crippen LogP contribution < -0.4 is 5.32 Å². The highest BCUT2D eigenvalue weighted by molar-refractivity contribution is 6.50. The molecule has 92 valence electrons. The third-order valence-electron chi connectivity index (χ3n) is 2.66. The summed E-state index contributed by atoms with van der Waals surface area (Å²) in [6, 6.07) is 9.51. The standard InChI is InChI=1S/C12H13Cl2NO2/c13-12(14)6-10(12)7-15-11(16)17-8-9-4-2-1-3-5-9/h1-5,10H,6-8H2,(H,15,16). The van der Waals surface area contributed by atoms with Crippen LogP contribution in [-0.2, 0) is 11.3 Å². The second-order valence-corrected chi connectivity index (χ2v) is 5.65. The van der Waals surface area contributed by atoms with Gasteiger partial charge in [0.05, 0.1) is 0 Å². The summed E-state index contributed by atoms with van der Waals surface area (Å²) in [5.41, 5.74) is 0.957. The lowest BCUT2D eigenvalue weighted by Crippen LogP contribution is -2.27. The summed E-state index contributed by atoms with van der Waals surface area (Å²) in [5.74, 6) is 0.134. The van der Waals surface area contributed by atoms with E-state index in [9.17, 15) is 4.79 Å². The first kappa shape index (κ1) is 12.5. The molecule has 1 saturated carbocycles. The highest BCUT2D eigenvalue weighted by Gasteiger charge is 2.51. The molecule has 1 aliphatic rings. The van der Waals surface area contributed by atoms with E-state index < -0.39 is 10.4 Å². The third kappa shape index (κ3) is 3.79. The van der Waals surface area contributed by atoms with E-state index in [1.807, 2.05) is 30.3 Å². The molecule has 0 aliphatic heterocycles. The van der Waals surface area contributed by atoms with Gasteiger partial charge in [-0.15, -0.1) is 23.2 Å². The van der Waals surface area contributed by atoms with Crippen LogP contribution in [0.25, 0.3) is 0 Å². The van der Waals surface area contributed by atoms with Crippen LogP contribution >= 0.6 is 23.2 Å². The van der Waals surface area contributed by atoms with E-state index in [-0.39, 0.29) is 12.5 Å². The zero-order valence-corrected chi connectivity index (χ0v) is 10.7. The second-order valence-electron chi connectivity index (χ2n) is 4.10. The van der Waals surface area contributed by atoms with Crippen molar-refractivity contribution in [1.29, 1.82) is 0 Å². The Bertz CT molecular complexity index is 395. The average Bonchev–Trinajstić information content (AvgIpc) is 2.93. The van der Waals surface area contributed by atoms with Gasteiger partial charge in [-0.1, -0.05) is 30.3 Å². The summed E-state index contributed by atoms with van der Waals surface area (Å²) in [4.78, 5) is 11.3. The van der Waals surface area contributed by atoms with E-state index in [1.165, 1.54) is 0 Å². The lowest BCUT2D eigenvalue weighted by molar-refractivity contribution is 0.139. The zero-order chi connectivity index (χ0) is 12.3. The van der Waals surface area contributed by atoms with Crippen LogP contribution in [-0.4, -0.2) is 17.0 Å². The van der Waals surface area contributed by atoms with Crippen molar-refractivity contribution in [3.8, 4) is 0 Å². The maximum Gasteiger partial charge on any atom is 0.407 e. The molecule has 17 heavy (non-hydrogen) atoms. The lowest BCUT2D eigenvalue weighted by atomic mass is 10.2. The van der Waals surface area contributed by atoms with Gasteiger partial charge in [0.15, 0.2) is 0 Å². The highest BCUT2D eigenvalue weighted by Crippen LogP contribution is 2.52. The van der Waals surface area contributed by atoms with Crippen LogP contribution in [0.15, 0.2) is 30.3 Å². The van der Waals surface area contributed by atoms with E-state index in [1.54, 1.807) is 0 Å². The van der Waals surface area contributed by atoms with Crippen LogP contribution in [0.5, 0.6) is 0 Å². The van der Waals surface area contributed by atoms with Gasteiger partial charge in [-0.05, 0) is 12.0 Å². The molecule has 5 heteroatoms. The van der Waals surface area contributed by atoms with Crippen molar-refractivity contribution >= 4 is 29.3 Å². The number of carbonyl (C=O) groups excluding carboxylic acids is 1. The monoisotopic (exact) mass is 273 g/mol. The van der Waals surface area contributed by atoms with E-state index >= 15 is 0 Å². The van der Waals surface area contributed by atoms with Gasteiger partial charge in [0.2, 0.25) is 0 Å². The molecule has 1 N–H and O–H groups in total. The number of alkyl halides is 2. The summed E-state index contributed by atoms with van der Waals surface area (Å²) in [5, 5.41) is 2.64. The van der Waals surface area contributed by atoms with Crippen molar-refractivity contribution in [2.24, 2.45) is 5.92 Å². The van der Waals surface area contributed by atoms with Crippen LogP contribution in [0.3, 0.4) is 0 Å². The van der Waals surface area contributed by atoms with E-state index in [2.05, 4.69) is 5.32 Å². The van der Waals surface area contributed by atoms with Crippen molar-refractivity contribution in [2.75, 3.05) is 6.54 Å². The van der Waals surface area contributed by atoms with Crippen LogP contribution in [0.4, 0.5) is 4.79 Å². The smallest absolute Gasteiger partial charge is 0.407 e. The Labute approximate surface area is 110 Å². The predicted molar refractivity (Wildman–Crippen MR) is 67.2 cm³/mol. The number of carbonyl (C=O) groups is 1. The Morgan fingerprint density at radius 2 is 2.06 bits per heavy atom. The molecule has 0 bridgehead atoms. The molecule has 0 aromatic heterocycles. The summed E-state index contributed by atoms with van der Waals surface area (Å²) < 4.78 is 4.38. The highest BCUT2D eigenvalue weighted by atomic mass is 35.5. The quantitative estimate of drug-likeness (QED) is 0.857. The number of hydrogen-bond donors (Lipinski definition) is 1. The number of benzene rings is 1. The van der Waals surface area contributed by atoms with Gasteiger partial charge in [0, 0.05) is 12.5 Å². The van der Waals surface area contributed by atoms with Crippen molar-refractivity contribution in [3.05, 3.63) is 35.9 Å². The number of amides is 1. The first-order chi connectivity index (χ1) is 8.08. The Kier molecular flexibility index (Phi) is 3.79. The third-order valence-corrected chi connectivity index (χ3v) is 3.59. The normalized spacial score (nSPS) is 20.7. The fourth-order valence-electron chi connectivity index (χ4n) is 1.47. The van der Waals surface area contributed by atoms with Crippen molar-refractivity contribution in [1.82, 2.24) is 5.32 Å². The molecule has 1 aromatic carbocycles. The molecule has 0 saturated heterocycles. The Morgan fingerprint density at radius 3 is 2.65 bits per heavy atom. The topological polar surface area (TPSA) is 38.3 Å². The molecule has 1 fully saturated rings. The molecule has 1 atom stereocenters. The Hall–Kier alpha value is -0.930. The van der Waals surface area contributed by atoms with Crippen molar-refractivity contribution in [3.63, 3.8) is 0 Å². The van der Waals surface area contributed by atoms with Gasteiger partial charge in [-0.2, -0.15) is 0 Å². The van der Waals surface area contributed by atoms with Gasteiger partial charge in [0.25, 0.3) is 0 Å². The second kappa shape index (κ2) is 5.15. The number of halogens is 2. The fourth-order valence-corrected chi connectivity index (χ4v) is 2.00. The number of rotatable bonds is 4. The minimum Gasteiger partial charge on any atom is -0.445 e. The summed E-state index contributed by atoms with van der Waals surface area (Å²) in [6.07, 6.45) is 0.277. The maximum absolute atomic E-state index is 11.3. The average molecular weight is 274 g/mol. The number of hydrogen-bond acceptors (Lipinski definition) is 2. The SMILES string of the molecule is O=C(NCC1CC1(Cl)Cl)OCc1ccccc1. The van der Waals surface area contributed by atoms with Gasteiger partial charge in [-0.3, -0.25) is 0 Å². The molecular formula is C12H13Cl2NO2. The molecule has 1 aliphatic carbocycles. The summed E-state index contributed by atoms with van der Waals surface area (Å²) in [6.45, 7) is 0.727. The first-order valence-electron chi connectivity index (χ1n) is 5.40. The molecule has 0 spiro atoms. The van der Waals surface area contributed by atoms with Gasteiger partial charge < -0.3 is 10.1 Å². The molecule has 2 rings (SSSR count).